The van der Waals surface area contributed by atoms with Gasteiger partial charge in [0.15, 0.2) is 0 Å². The number of halogens is 2. The van der Waals surface area contributed by atoms with Gasteiger partial charge in [0.2, 0.25) is 5.13 Å². The molecule has 1 heterocycles. The van der Waals surface area contributed by atoms with E-state index in [1.165, 1.54) is 0 Å². The summed E-state index contributed by atoms with van der Waals surface area (Å²) in [5.41, 5.74) is 0.956. The Bertz CT molecular complexity index is 542. The molecule has 0 spiro atoms. The first kappa shape index (κ1) is 13.6. The van der Waals surface area contributed by atoms with Gasteiger partial charge in [-0.2, -0.15) is 0 Å². The molecule has 0 bridgehead atoms. The van der Waals surface area contributed by atoms with Crippen LogP contribution in [0.1, 0.15) is 30.5 Å². The van der Waals surface area contributed by atoms with E-state index in [1.54, 1.807) is 17.4 Å². The van der Waals surface area contributed by atoms with Crippen LogP contribution < -0.4 is 5.32 Å². The molecular formula is C12H13Cl2N3S. The first-order chi connectivity index (χ1) is 8.61. The highest BCUT2D eigenvalue weighted by atomic mass is 35.5. The number of hydrogen-bond donors (Lipinski definition) is 1. The summed E-state index contributed by atoms with van der Waals surface area (Å²) >= 11 is 13.7. The molecule has 0 radical (unpaired) electrons. The molecule has 0 saturated carbocycles. The Balaban J connectivity index is 2.16. The molecule has 1 atom stereocenters. The van der Waals surface area contributed by atoms with Crippen molar-refractivity contribution in [1.29, 1.82) is 0 Å². The zero-order chi connectivity index (χ0) is 13.1. The van der Waals surface area contributed by atoms with Crippen LogP contribution in [-0.4, -0.2) is 10.2 Å². The molecule has 0 aliphatic carbocycles. The van der Waals surface area contributed by atoms with Crippen molar-refractivity contribution in [2.75, 3.05) is 5.32 Å². The summed E-state index contributed by atoms with van der Waals surface area (Å²) in [5.74, 6) is 0. The minimum absolute atomic E-state index is 0.0360. The SMILES string of the molecule is CCc1nnc(NC(C)c2cccc(Cl)c2Cl)s1. The van der Waals surface area contributed by atoms with E-state index in [2.05, 4.69) is 22.4 Å². The molecule has 0 fully saturated rings. The molecule has 0 saturated heterocycles. The molecule has 0 aliphatic heterocycles. The van der Waals surface area contributed by atoms with Gasteiger partial charge < -0.3 is 5.32 Å². The quantitative estimate of drug-likeness (QED) is 0.898. The third-order valence-corrected chi connectivity index (χ3v) is 4.39. The molecule has 96 valence electrons. The summed E-state index contributed by atoms with van der Waals surface area (Å²) in [6.07, 6.45) is 0.894. The van der Waals surface area contributed by atoms with E-state index >= 15 is 0 Å². The van der Waals surface area contributed by atoms with E-state index in [1.807, 2.05) is 19.1 Å². The summed E-state index contributed by atoms with van der Waals surface area (Å²) in [6.45, 7) is 4.08. The van der Waals surface area contributed by atoms with Gasteiger partial charge in [0, 0.05) is 0 Å². The second-order valence-electron chi connectivity index (χ2n) is 3.86. The Morgan fingerprint density at radius 1 is 1.33 bits per heavy atom. The Morgan fingerprint density at radius 3 is 2.78 bits per heavy atom. The highest BCUT2D eigenvalue weighted by Gasteiger charge is 2.13. The van der Waals surface area contributed by atoms with Crippen LogP contribution in [0.2, 0.25) is 10.0 Å². The standard InChI is InChI=1S/C12H13Cl2N3S/c1-3-10-16-17-12(18-10)15-7(2)8-5-4-6-9(13)11(8)14/h4-7H,3H2,1-2H3,(H,15,17). The molecule has 0 amide bonds. The van der Waals surface area contributed by atoms with Crippen molar-refractivity contribution >= 4 is 39.7 Å². The van der Waals surface area contributed by atoms with Crippen molar-refractivity contribution in [2.45, 2.75) is 26.3 Å². The fourth-order valence-corrected chi connectivity index (χ4v) is 2.81. The van der Waals surface area contributed by atoms with E-state index in [-0.39, 0.29) is 6.04 Å². The van der Waals surface area contributed by atoms with Gasteiger partial charge in [-0.3, -0.25) is 0 Å². The lowest BCUT2D eigenvalue weighted by atomic mass is 10.1. The van der Waals surface area contributed by atoms with Gasteiger partial charge in [-0.25, -0.2) is 0 Å². The van der Waals surface area contributed by atoms with Gasteiger partial charge in [0.25, 0.3) is 0 Å². The number of hydrogen-bond acceptors (Lipinski definition) is 4. The van der Waals surface area contributed by atoms with Crippen LogP contribution >= 0.6 is 34.5 Å². The number of nitrogens with zero attached hydrogens (tertiary/aromatic N) is 2. The topological polar surface area (TPSA) is 37.8 Å². The van der Waals surface area contributed by atoms with Crippen molar-refractivity contribution < 1.29 is 0 Å². The summed E-state index contributed by atoms with van der Waals surface area (Å²) in [6, 6.07) is 5.65. The van der Waals surface area contributed by atoms with Crippen LogP contribution in [0.5, 0.6) is 0 Å². The van der Waals surface area contributed by atoms with E-state index in [0.29, 0.717) is 10.0 Å². The molecule has 18 heavy (non-hydrogen) atoms. The predicted octanol–water partition coefficient (Wildman–Crippen LogP) is 4.58. The Morgan fingerprint density at radius 2 is 2.11 bits per heavy atom. The van der Waals surface area contributed by atoms with Gasteiger partial charge in [0.05, 0.1) is 16.1 Å². The minimum Gasteiger partial charge on any atom is -0.354 e. The summed E-state index contributed by atoms with van der Waals surface area (Å²) < 4.78 is 0. The molecule has 2 aromatic rings. The highest BCUT2D eigenvalue weighted by molar-refractivity contribution is 7.15. The van der Waals surface area contributed by atoms with Crippen LogP contribution in [0, 0.1) is 0 Å². The van der Waals surface area contributed by atoms with Crippen LogP contribution in [-0.2, 0) is 6.42 Å². The van der Waals surface area contributed by atoms with Crippen molar-refractivity contribution in [3.8, 4) is 0 Å². The zero-order valence-corrected chi connectivity index (χ0v) is 12.4. The van der Waals surface area contributed by atoms with Gasteiger partial charge >= 0.3 is 0 Å². The number of aromatic nitrogens is 2. The maximum absolute atomic E-state index is 6.18. The smallest absolute Gasteiger partial charge is 0.206 e. The molecule has 0 aliphatic rings. The average molecular weight is 302 g/mol. The molecular weight excluding hydrogens is 289 g/mol. The van der Waals surface area contributed by atoms with Crippen LogP contribution in [0.3, 0.4) is 0 Å². The lowest BCUT2D eigenvalue weighted by Gasteiger charge is -2.15. The molecule has 6 heteroatoms. The predicted molar refractivity (Wildman–Crippen MR) is 77.8 cm³/mol. The van der Waals surface area contributed by atoms with E-state index in [9.17, 15) is 0 Å². The molecule has 1 unspecified atom stereocenters. The van der Waals surface area contributed by atoms with Gasteiger partial charge in [0.1, 0.15) is 5.01 Å². The monoisotopic (exact) mass is 301 g/mol. The third kappa shape index (κ3) is 2.94. The molecule has 2 rings (SSSR count). The van der Waals surface area contributed by atoms with Crippen molar-refractivity contribution in [2.24, 2.45) is 0 Å². The van der Waals surface area contributed by atoms with Crippen molar-refractivity contribution in [3.63, 3.8) is 0 Å². The number of anilines is 1. The molecule has 1 aromatic heterocycles. The second-order valence-corrected chi connectivity index (χ2v) is 5.71. The normalized spacial score (nSPS) is 12.4. The fourth-order valence-electron chi connectivity index (χ4n) is 1.57. The number of rotatable bonds is 4. The van der Waals surface area contributed by atoms with Crippen molar-refractivity contribution in [3.05, 3.63) is 38.8 Å². The van der Waals surface area contributed by atoms with Gasteiger partial charge in [-0.1, -0.05) is 53.6 Å². The van der Waals surface area contributed by atoms with E-state index in [4.69, 9.17) is 23.2 Å². The molecule has 3 nitrogen and oxygen atoms in total. The number of nitrogens with one attached hydrogen (secondary N) is 1. The van der Waals surface area contributed by atoms with Crippen LogP contribution in [0.15, 0.2) is 18.2 Å². The largest absolute Gasteiger partial charge is 0.354 e. The second kappa shape index (κ2) is 5.87. The van der Waals surface area contributed by atoms with Crippen LogP contribution in [0.4, 0.5) is 5.13 Å². The fraction of sp³-hybridized carbons (Fsp3) is 0.333. The summed E-state index contributed by atoms with van der Waals surface area (Å²) in [7, 11) is 0. The highest BCUT2D eigenvalue weighted by Crippen LogP contribution is 2.31. The molecule has 1 N–H and O–H groups in total. The lowest BCUT2D eigenvalue weighted by Crippen LogP contribution is -2.07. The van der Waals surface area contributed by atoms with E-state index < -0.39 is 0 Å². The zero-order valence-electron chi connectivity index (χ0n) is 10.1. The summed E-state index contributed by atoms with van der Waals surface area (Å²) in [4.78, 5) is 0. The average Bonchev–Trinajstić information content (AvgIpc) is 2.80. The van der Waals surface area contributed by atoms with E-state index in [0.717, 1.165) is 22.1 Å². The van der Waals surface area contributed by atoms with Gasteiger partial charge in [-0.15, -0.1) is 10.2 Å². The number of benzene rings is 1. The third-order valence-electron chi connectivity index (χ3n) is 2.56. The maximum Gasteiger partial charge on any atom is 0.206 e. The number of aryl methyl sites for hydroxylation is 1. The minimum atomic E-state index is 0.0360. The Labute approximate surface area is 120 Å². The first-order valence-corrected chi connectivity index (χ1v) is 7.22. The van der Waals surface area contributed by atoms with Gasteiger partial charge in [-0.05, 0) is 25.0 Å². The maximum atomic E-state index is 6.18. The lowest BCUT2D eigenvalue weighted by molar-refractivity contribution is 0.870. The van der Waals surface area contributed by atoms with Crippen molar-refractivity contribution in [1.82, 2.24) is 10.2 Å². The Kier molecular flexibility index (Phi) is 4.43. The van der Waals surface area contributed by atoms with Crippen LogP contribution in [0.25, 0.3) is 0 Å². The first-order valence-electron chi connectivity index (χ1n) is 5.64. The summed E-state index contributed by atoms with van der Waals surface area (Å²) in [5, 5.41) is 14.4. The molecule has 1 aromatic carbocycles. The Hall–Kier alpha value is -0.840.